The van der Waals surface area contributed by atoms with Gasteiger partial charge in [-0.05, 0) is 25.5 Å². The van der Waals surface area contributed by atoms with Gasteiger partial charge < -0.3 is 14.9 Å². The molecule has 0 saturated heterocycles. The van der Waals surface area contributed by atoms with Gasteiger partial charge in [0.05, 0.1) is 12.1 Å². The number of hydrogen-bond donors (Lipinski definition) is 2. The first kappa shape index (κ1) is 18.6. The Morgan fingerprint density at radius 2 is 1.96 bits per heavy atom. The maximum absolute atomic E-state index is 12.3. The number of hydrogen-bond acceptors (Lipinski definition) is 5. The molecular weight excluding hydrogens is 330 g/mol. The molecule has 1 fully saturated rings. The van der Waals surface area contributed by atoms with E-state index in [4.69, 9.17) is 4.52 Å². The summed E-state index contributed by atoms with van der Waals surface area (Å²) in [5.74, 6) is 0.342. The molecule has 6 nitrogen and oxygen atoms in total. The van der Waals surface area contributed by atoms with Crippen molar-refractivity contribution in [1.82, 2.24) is 15.4 Å². The fourth-order valence-electron chi connectivity index (χ4n) is 3.43. The van der Waals surface area contributed by atoms with E-state index in [2.05, 4.69) is 27.5 Å². The third kappa shape index (κ3) is 5.16. The van der Waals surface area contributed by atoms with Gasteiger partial charge in [-0.25, -0.2) is 0 Å². The summed E-state index contributed by atoms with van der Waals surface area (Å²) < 4.78 is 5.30. The van der Waals surface area contributed by atoms with E-state index in [1.54, 1.807) is 6.07 Å². The molecule has 1 aromatic heterocycles. The largest absolute Gasteiger partial charge is 0.388 e. The normalized spacial score (nSPS) is 16.6. The third-order valence-corrected chi connectivity index (χ3v) is 4.87. The number of nitrogens with zero attached hydrogens (tertiary/aromatic N) is 2. The molecule has 6 heteroatoms. The number of nitrogens with one attached hydrogen (secondary N) is 1. The van der Waals surface area contributed by atoms with Crippen LogP contribution in [0.3, 0.4) is 0 Å². The summed E-state index contributed by atoms with van der Waals surface area (Å²) in [4.78, 5) is 14.4. The minimum atomic E-state index is -0.781. The van der Waals surface area contributed by atoms with E-state index < -0.39 is 5.60 Å². The number of amides is 1. The van der Waals surface area contributed by atoms with Gasteiger partial charge in [0.25, 0.3) is 5.91 Å². The first-order chi connectivity index (χ1) is 12.5. The van der Waals surface area contributed by atoms with Crippen LogP contribution >= 0.6 is 0 Å². The van der Waals surface area contributed by atoms with Crippen molar-refractivity contribution in [2.24, 2.45) is 0 Å². The molecule has 1 heterocycles. The van der Waals surface area contributed by atoms with Crippen LogP contribution in [-0.4, -0.2) is 40.3 Å². The molecule has 0 bridgehead atoms. The van der Waals surface area contributed by atoms with Crippen LogP contribution in [0.4, 0.5) is 0 Å². The fraction of sp³-hybridized carbons (Fsp3) is 0.500. The molecular formula is C20H27N3O3. The second-order valence-corrected chi connectivity index (χ2v) is 7.30. The second kappa shape index (κ2) is 8.47. The summed E-state index contributed by atoms with van der Waals surface area (Å²) in [5, 5.41) is 17.1. The number of aliphatic hydroxyl groups is 1. The fourth-order valence-corrected chi connectivity index (χ4v) is 3.43. The van der Waals surface area contributed by atoms with Crippen molar-refractivity contribution in [3.05, 3.63) is 53.4 Å². The first-order valence-corrected chi connectivity index (χ1v) is 9.23. The van der Waals surface area contributed by atoms with Crippen molar-refractivity contribution < 1.29 is 14.4 Å². The van der Waals surface area contributed by atoms with Crippen molar-refractivity contribution in [1.29, 1.82) is 0 Å². The zero-order chi connectivity index (χ0) is 18.4. The molecule has 1 saturated carbocycles. The van der Waals surface area contributed by atoms with Crippen molar-refractivity contribution in [2.45, 2.75) is 50.8 Å². The Hall–Kier alpha value is -2.18. The predicted molar refractivity (Wildman–Crippen MR) is 98.5 cm³/mol. The molecule has 1 aliphatic rings. The summed E-state index contributed by atoms with van der Waals surface area (Å²) in [6.07, 6.45) is 4.64. The second-order valence-electron chi connectivity index (χ2n) is 7.30. The van der Waals surface area contributed by atoms with Crippen LogP contribution in [0.5, 0.6) is 0 Å². The molecule has 0 atom stereocenters. The van der Waals surface area contributed by atoms with Gasteiger partial charge in [-0.3, -0.25) is 9.69 Å². The zero-order valence-corrected chi connectivity index (χ0v) is 15.3. The lowest BCUT2D eigenvalue weighted by molar-refractivity contribution is 0.00517. The Morgan fingerprint density at radius 1 is 1.23 bits per heavy atom. The van der Waals surface area contributed by atoms with Crippen LogP contribution in [0.25, 0.3) is 0 Å². The molecule has 2 aromatic rings. The lowest BCUT2D eigenvalue weighted by atomic mass is 9.85. The summed E-state index contributed by atoms with van der Waals surface area (Å²) >= 11 is 0. The van der Waals surface area contributed by atoms with Crippen LogP contribution in [0.1, 0.15) is 53.9 Å². The van der Waals surface area contributed by atoms with Gasteiger partial charge in [0.1, 0.15) is 0 Å². The molecule has 26 heavy (non-hydrogen) atoms. The predicted octanol–water partition coefficient (Wildman–Crippen LogP) is 2.73. The van der Waals surface area contributed by atoms with Crippen LogP contribution in [0.2, 0.25) is 0 Å². The number of carbonyl (C=O) groups is 1. The Bertz CT molecular complexity index is 708. The van der Waals surface area contributed by atoms with E-state index in [0.29, 0.717) is 12.3 Å². The molecule has 1 aliphatic carbocycles. The molecule has 3 rings (SSSR count). The Labute approximate surface area is 154 Å². The van der Waals surface area contributed by atoms with Crippen molar-refractivity contribution in [3.63, 3.8) is 0 Å². The quantitative estimate of drug-likeness (QED) is 0.797. The molecule has 0 unspecified atom stereocenters. The maximum atomic E-state index is 12.3. The number of aromatic nitrogens is 1. The molecule has 0 spiro atoms. The van der Waals surface area contributed by atoms with E-state index >= 15 is 0 Å². The first-order valence-electron chi connectivity index (χ1n) is 9.23. The van der Waals surface area contributed by atoms with Gasteiger partial charge in [-0.15, -0.1) is 0 Å². The third-order valence-electron chi connectivity index (χ3n) is 4.87. The van der Waals surface area contributed by atoms with Crippen LogP contribution < -0.4 is 5.32 Å². The Kier molecular flexibility index (Phi) is 6.06. The molecule has 0 radical (unpaired) electrons. The van der Waals surface area contributed by atoms with Crippen LogP contribution in [0, 0.1) is 0 Å². The van der Waals surface area contributed by atoms with Gasteiger partial charge >= 0.3 is 0 Å². The van der Waals surface area contributed by atoms with Crippen molar-refractivity contribution >= 4 is 5.91 Å². The Balaban J connectivity index is 1.49. The Morgan fingerprint density at radius 3 is 2.69 bits per heavy atom. The number of carbonyl (C=O) groups excluding carboxylic acids is 1. The highest BCUT2D eigenvalue weighted by molar-refractivity contribution is 5.92. The molecule has 0 aliphatic heterocycles. The molecule has 1 amide bonds. The average molecular weight is 357 g/mol. The summed E-state index contributed by atoms with van der Waals surface area (Å²) in [6, 6.07) is 11.8. The highest BCUT2D eigenvalue weighted by Crippen LogP contribution is 2.27. The van der Waals surface area contributed by atoms with Crippen molar-refractivity contribution in [2.75, 3.05) is 13.6 Å². The van der Waals surface area contributed by atoms with Crippen molar-refractivity contribution in [3.8, 4) is 0 Å². The van der Waals surface area contributed by atoms with E-state index in [1.807, 2.05) is 25.2 Å². The van der Waals surface area contributed by atoms with Gasteiger partial charge in [0, 0.05) is 19.2 Å². The highest BCUT2D eigenvalue weighted by Gasteiger charge is 2.30. The molecule has 140 valence electrons. The summed E-state index contributed by atoms with van der Waals surface area (Å²) in [7, 11) is 1.99. The average Bonchev–Trinajstić information content (AvgIpc) is 3.09. The SMILES string of the molecule is CN(Cc1ccccc1)Cc1cc(C(=O)NCC2(O)CCCCC2)no1. The van der Waals surface area contributed by atoms with Gasteiger partial charge in [0.15, 0.2) is 11.5 Å². The van der Waals surface area contributed by atoms with E-state index in [0.717, 1.165) is 38.6 Å². The van der Waals surface area contributed by atoms with Crippen LogP contribution in [-0.2, 0) is 13.1 Å². The number of rotatable bonds is 7. The topological polar surface area (TPSA) is 78.6 Å². The lowest BCUT2D eigenvalue weighted by Gasteiger charge is -2.31. The summed E-state index contributed by atoms with van der Waals surface area (Å²) in [5.41, 5.74) is 0.692. The minimum Gasteiger partial charge on any atom is -0.388 e. The minimum absolute atomic E-state index is 0.257. The van der Waals surface area contributed by atoms with E-state index in [-0.39, 0.29) is 18.1 Å². The smallest absolute Gasteiger partial charge is 0.273 e. The molecule has 1 aromatic carbocycles. The maximum Gasteiger partial charge on any atom is 0.273 e. The summed E-state index contributed by atoms with van der Waals surface area (Å²) in [6.45, 7) is 1.62. The van der Waals surface area contributed by atoms with E-state index in [1.165, 1.54) is 5.56 Å². The monoisotopic (exact) mass is 357 g/mol. The van der Waals surface area contributed by atoms with Gasteiger partial charge in [-0.2, -0.15) is 0 Å². The number of benzene rings is 1. The highest BCUT2D eigenvalue weighted by atomic mass is 16.5. The lowest BCUT2D eigenvalue weighted by Crippen LogP contribution is -2.44. The standard InChI is InChI=1S/C20H27N3O3/c1-23(13-16-8-4-2-5-9-16)14-17-12-18(22-26-17)19(24)21-15-20(25)10-6-3-7-11-20/h2,4-5,8-9,12,25H,3,6-7,10-11,13-15H2,1H3,(H,21,24). The zero-order valence-electron chi connectivity index (χ0n) is 15.3. The molecule has 2 N–H and O–H groups in total. The van der Waals surface area contributed by atoms with E-state index in [9.17, 15) is 9.90 Å². The van der Waals surface area contributed by atoms with Gasteiger partial charge in [0.2, 0.25) is 0 Å². The van der Waals surface area contributed by atoms with Crippen LogP contribution in [0.15, 0.2) is 40.9 Å². The van der Waals surface area contributed by atoms with Gasteiger partial charge in [-0.1, -0.05) is 54.8 Å².